The number of thiazole rings is 1. The third-order valence-electron chi connectivity index (χ3n) is 4.17. The monoisotopic (exact) mass is 362 g/mol. The van der Waals surface area contributed by atoms with Crippen LogP contribution < -0.4 is 10.6 Å². The van der Waals surface area contributed by atoms with Gasteiger partial charge in [0.15, 0.2) is 0 Å². The van der Waals surface area contributed by atoms with Gasteiger partial charge in [-0.1, -0.05) is 12.1 Å². The molecule has 1 saturated heterocycles. The largest absolute Gasteiger partial charge is 0.354 e. The van der Waals surface area contributed by atoms with Gasteiger partial charge in [0.05, 0.1) is 17.1 Å². The molecule has 1 aromatic carbocycles. The Labute approximate surface area is 151 Å². The number of halogens is 1. The van der Waals surface area contributed by atoms with Crippen LogP contribution in [0.4, 0.5) is 4.39 Å². The topological polar surface area (TPSA) is 57.3 Å². The Kier molecular flexibility index (Phi) is 6.49. The number of carbonyl (C=O) groups excluding carboxylic acids is 1. The molecule has 5 nitrogen and oxygen atoms in total. The van der Waals surface area contributed by atoms with E-state index in [2.05, 4.69) is 20.5 Å². The molecule has 2 N–H and O–H groups in total. The van der Waals surface area contributed by atoms with Crippen molar-refractivity contribution in [2.75, 3.05) is 39.3 Å². The van der Waals surface area contributed by atoms with E-state index in [9.17, 15) is 9.18 Å². The van der Waals surface area contributed by atoms with Gasteiger partial charge in [0.1, 0.15) is 5.82 Å². The number of carbonyl (C=O) groups is 1. The third-order valence-corrected chi connectivity index (χ3v) is 5.07. The van der Waals surface area contributed by atoms with Gasteiger partial charge in [0, 0.05) is 51.1 Å². The number of hydrogen-bond donors (Lipinski definition) is 2. The maximum Gasteiger partial charge on any atom is 0.226 e. The zero-order chi connectivity index (χ0) is 17.5. The van der Waals surface area contributed by atoms with Gasteiger partial charge in [-0.2, -0.15) is 0 Å². The molecule has 0 saturated carbocycles. The summed E-state index contributed by atoms with van der Waals surface area (Å²) in [5, 5.41) is 9.15. The molecular formula is C18H23FN4OS. The van der Waals surface area contributed by atoms with Crippen molar-refractivity contribution in [1.82, 2.24) is 20.5 Å². The number of hydrogen-bond acceptors (Lipinski definition) is 5. The first-order chi connectivity index (χ1) is 12.2. The molecule has 0 atom stereocenters. The minimum Gasteiger partial charge on any atom is -0.354 e. The quantitative estimate of drug-likeness (QED) is 0.783. The minimum absolute atomic E-state index is 0.00812. The Morgan fingerprint density at radius 3 is 2.80 bits per heavy atom. The number of benzene rings is 1. The highest BCUT2D eigenvalue weighted by Gasteiger charge is 2.11. The first kappa shape index (κ1) is 18.0. The molecule has 0 aliphatic carbocycles. The van der Waals surface area contributed by atoms with E-state index < -0.39 is 0 Å². The molecule has 0 radical (unpaired) electrons. The third kappa shape index (κ3) is 5.88. The summed E-state index contributed by atoms with van der Waals surface area (Å²) < 4.78 is 12.9. The van der Waals surface area contributed by atoms with Gasteiger partial charge in [0.2, 0.25) is 5.91 Å². The van der Waals surface area contributed by atoms with E-state index in [-0.39, 0.29) is 11.7 Å². The lowest BCUT2D eigenvalue weighted by molar-refractivity contribution is -0.120. The molecular weight excluding hydrogens is 339 g/mol. The second-order valence-corrected chi connectivity index (χ2v) is 7.10. The first-order valence-corrected chi connectivity index (χ1v) is 9.44. The van der Waals surface area contributed by atoms with Crippen molar-refractivity contribution in [1.29, 1.82) is 0 Å². The average Bonchev–Trinajstić information content (AvgIpc) is 3.05. The summed E-state index contributed by atoms with van der Waals surface area (Å²) in [5.74, 6) is -0.227. The second-order valence-electron chi connectivity index (χ2n) is 6.15. The maximum atomic E-state index is 12.9. The average molecular weight is 362 g/mol. The molecule has 2 aromatic rings. The van der Waals surface area contributed by atoms with Crippen molar-refractivity contribution in [3.63, 3.8) is 0 Å². The van der Waals surface area contributed by atoms with Crippen LogP contribution in [0, 0.1) is 5.82 Å². The molecule has 1 amide bonds. The van der Waals surface area contributed by atoms with Gasteiger partial charge in [-0.15, -0.1) is 11.3 Å². The summed E-state index contributed by atoms with van der Waals surface area (Å²) in [6.07, 6.45) is 0.969. The molecule has 1 aliphatic rings. The molecule has 25 heavy (non-hydrogen) atoms. The highest BCUT2D eigenvalue weighted by molar-refractivity contribution is 7.09. The van der Waals surface area contributed by atoms with Crippen LogP contribution in [0.3, 0.4) is 0 Å². The Morgan fingerprint density at radius 1 is 1.28 bits per heavy atom. The van der Waals surface area contributed by atoms with E-state index in [0.29, 0.717) is 19.4 Å². The predicted octanol–water partition coefficient (Wildman–Crippen LogP) is 1.44. The Bertz CT molecular complexity index is 683. The Balaban J connectivity index is 1.41. The van der Waals surface area contributed by atoms with Gasteiger partial charge in [0.25, 0.3) is 0 Å². The summed E-state index contributed by atoms with van der Waals surface area (Å²) >= 11 is 1.54. The van der Waals surface area contributed by atoms with Crippen LogP contribution >= 0.6 is 11.3 Å². The molecule has 1 fully saturated rings. The Morgan fingerprint density at radius 2 is 2.04 bits per heavy atom. The SMILES string of the molecule is O=C(Cc1csc(Cc2ccc(F)cc2)n1)NCCN1CCNCC1. The first-order valence-electron chi connectivity index (χ1n) is 8.56. The number of amides is 1. The molecule has 0 bridgehead atoms. The van der Waals surface area contributed by atoms with Crippen molar-refractivity contribution < 1.29 is 9.18 Å². The van der Waals surface area contributed by atoms with Gasteiger partial charge >= 0.3 is 0 Å². The molecule has 2 heterocycles. The summed E-state index contributed by atoms with van der Waals surface area (Å²) in [6, 6.07) is 6.43. The number of piperazine rings is 1. The second kappa shape index (κ2) is 9.03. The number of nitrogens with zero attached hydrogens (tertiary/aromatic N) is 2. The van der Waals surface area contributed by atoms with E-state index in [1.54, 1.807) is 12.1 Å². The highest BCUT2D eigenvalue weighted by atomic mass is 32.1. The predicted molar refractivity (Wildman–Crippen MR) is 97.3 cm³/mol. The lowest BCUT2D eigenvalue weighted by atomic mass is 10.1. The summed E-state index contributed by atoms with van der Waals surface area (Å²) in [4.78, 5) is 18.9. The van der Waals surface area contributed by atoms with E-state index in [4.69, 9.17) is 0 Å². The van der Waals surface area contributed by atoms with E-state index >= 15 is 0 Å². The van der Waals surface area contributed by atoms with Gasteiger partial charge in [-0.3, -0.25) is 9.69 Å². The molecule has 1 aromatic heterocycles. The van der Waals surface area contributed by atoms with Crippen LogP contribution in [-0.2, 0) is 17.6 Å². The number of rotatable bonds is 7. The van der Waals surface area contributed by atoms with Crippen LogP contribution in [0.2, 0.25) is 0 Å². The smallest absolute Gasteiger partial charge is 0.226 e. The van der Waals surface area contributed by atoms with Crippen molar-refractivity contribution in [2.24, 2.45) is 0 Å². The summed E-state index contributed by atoms with van der Waals surface area (Å²) in [6.45, 7) is 5.67. The van der Waals surface area contributed by atoms with Crippen LogP contribution in [0.15, 0.2) is 29.6 Å². The van der Waals surface area contributed by atoms with Crippen molar-refractivity contribution in [3.8, 4) is 0 Å². The zero-order valence-electron chi connectivity index (χ0n) is 14.1. The van der Waals surface area contributed by atoms with E-state index in [1.807, 2.05) is 5.38 Å². The normalized spacial score (nSPS) is 15.2. The van der Waals surface area contributed by atoms with Crippen LogP contribution in [0.5, 0.6) is 0 Å². The standard InChI is InChI=1S/C18H23FN4OS/c19-15-3-1-14(2-4-15)11-18-22-16(13-25-18)12-17(24)21-7-10-23-8-5-20-6-9-23/h1-4,13,20H,5-12H2,(H,21,24). The number of aromatic nitrogens is 1. The molecule has 0 unspecified atom stereocenters. The maximum absolute atomic E-state index is 12.9. The lowest BCUT2D eigenvalue weighted by Crippen LogP contribution is -2.46. The summed E-state index contributed by atoms with van der Waals surface area (Å²) in [7, 11) is 0. The Hall–Kier alpha value is -1.83. The van der Waals surface area contributed by atoms with Crippen molar-refractivity contribution in [2.45, 2.75) is 12.8 Å². The van der Waals surface area contributed by atoms with Crippen molar-refractivity contribution in [3.05, 3.63) is 51.7 Å². The van der Waals surface area contributed by atoms with Gasteiger partial charge in [-0.25, -0.2) is 9.37 Å². The minimum atomic E-state index is -0.235. The fraction of sp³-hybridized carbons (Fsp3) is 0.444. The van der Waals surface area contributed by atoms with E-state index in [1.165, 1.54) is 23.5 Å². The van der Waals surface area contributed by atoms with Crippen LogP contribution in [0.25, 0.3) is 0 Å². The fourth-order valence-corrected chi connectivity index (χ4v) is 3.63. The van der Waals surface area contributed by atoms with Crippen molar-refractivity contribution >= 4 is 17.2 Å². The molecule has 1 aliphatic heterocycles. The lowest BCUT2D eigenvalue weighted by Gasteiger charge is -2.27. The molecule has 0 spiro atoms. The zero-order valence-corrected chi connectivity index (χ0v) is 14.9. The van der Waals surface area contributed by atoms with Crippen LogP contribution in [-0.4, -0.2) is 55.1 Å². The van der Waals surface area contributed by atoms with E-state index in [0.717, 1.165) is 49.0 Å². The highest BCUT2D eigenvalue weighted by Crippen LogP contribution is 2.15. The fourth-order valence-electron chi connectivity index (χ4n) is 2.80. The molecule has 3 rings (SSSR count). The number of nitrogens with one attached hydrogen (secondary N) is 2. The molecule has 7 heteroatoms. The molecule has 134 valence electrons. The summed E-state index contributed by atoms with van der Waals surface area (Å²) in [5.41, 5.74) is 1.81. The van der Waals surface area contributed by atoms with Gasteiger partial charge < -0.3 is 10.6 Å². The van der Waals surface area contributed by atoms with Crippen LogP contribution in [0.1, 0.15) is 16.3 Å². The van der Waals surface area contributed by atoms with Gasteiger partial charge in [-0.05, 0) is 17.7 Å².